The highest BCUT2D eigenvalue weighted by molar-refractivity contribution is 6.07. The Kier molecular flexibility index (Phi) is 4.51. The van der Waals surface area contributed by atoms with E-state index in [0.717, 1.165) is 36.3 Å². The molecule has 0 unspecified atom stereocenters. The molecule has 7 nitrogen and oxygen atoms in total. The van der Waals surface area contributed by atoms with E-state index in [0.29, 0.717) is 34.5 Å². The van der Waals surface area contributed by atoms with Gasteiger partial charge in [0.15, 0.2) is 17.3 Å². The summed E-state index contributed by atoms with van der Waals surface area (Å²) in [5.74, 6) is -2.30. The van der Waals surface area contributed by atoms with Crippen molar-refractivity contribution in [1.82, 2.24) is 25.0 Å². The number of nitrogens with one attached hydrogen (secondary N) is 2. The molecule has 0 aliphatic carbocycles. The molecule has 0 spiro atoms. The SMILES string of the molecule is CNC(=O)c1cc2c(N3C[C@@H](C)N[C@@H](C)C3)ccnc2n2c1nc1cc(F)c(F)cc12. The largest absolute Gasteiger partial charge is 0.368 e. The number of hydrogen-bond donors (Lipinski definition) is 2. The lowest BCUT2D eigenvalue weighted by molar-refractivity contribution is 0.0964. The normalized spacial score (nSPS) is 19.5. The van der Waals surface area contributed by atoms with Crippen LogP contribution in [-0.4, -0.2) is 52.5 Å². The third kappa shape index (κ3) is 3.07. The number of pyridine rings is 2. The topological polar surface area (TPSA) is 74.6 Å². The van der Waals surface area contributed by atoms with E-state index < -0.39 is 11.6 Å². The van der Waals surface area contributed by atoms with Gasteiger partial charge in [-0.05, 0) is 26.0 Å². The van der Waals surface area contributed by atoms with E-state index in [4.69, 9.17) is 0 Å². The van der Waals surface area contributed by atoms with Crippen molar-refractivity contribution in [3.63, 3.8) is 0 Å². The maximum Gasteiger partial charge on any atom is 0.254 e. The molecule has 1 saturated heterocycles. The molecule has 31 heavy (non-hydrogen) atoms. The number of benzene rings is 1. The summed E-state index contributed by atoms with van der Waals surface area (Å²) in [6.45, 7) is 5.84. The summed E-state index contributed by atoms with van der Waals surface area (Å²) in [6, 6.07) is 6.41. The van der Waals surface area contributed by atoms with E-state index in [-0.39, 0.29) is 11.4 Å². The van der Waals surface area contributed by atoms with Crippen molar-refractivity contribution in [1.29, 1.82) is 0 Å². The summed E-state index contributed by atoms with van der Waals surface area (Å²) in [6.07, 6.45) is 1.69. The molecular formula is C22H22F2N6O. The third-order valence-corrected chi connectivity index (χ3v) is 5.75. The van der Waals surface area contributed by atoms with Gasteiger partial charge in [-0.1, -0.05) is 0 Å². The maximum absolute atomic E-state index is 14.1. The first-order chi connectivity index (χ1) is 14.9. The van der Waals surface area contributed by atoms with E-state index in [1.807, 2.05) is 6.07 Å². The minimum Gasteiger partial charge on any atom is -0.368 e. The number of anilines is 1. The predicted octanol–water partition coefficient (Wildman–Crippen LogP) is 2.86. The summed E-state index contributed by atoms with van der Waals surface area (Å²) in [4.78, 5) is 23.9. The molecule has 1 amide bonds. The molecule has 0 saturated carbocycles. The second-order valence-electron chi connectivity index (χ2n) is 8.10. The van der Waals surface area contributed by atoms with E-state index in [2.05, 4.69) is 39.3 Å². The minimum absolute atomic E-state index is 0.258. The number of carbonyl (C=O) groups excluding carboxylic acids is 1. The molecule has 1 aliphatic heterocycles. The second kappa shape index (κ2) is 7.12. The van der Waals surface area contributed by atoms with Crippen molar-refractivity contribution >= 4 is 39.3 Å². The lowest BCUT2D eigenvalue weighted by Gasteiger charge is -2.38. The van der Waals surface area contributed by atoms with Crippen LogP contribution in [0, 0.1) is 11.6 Å². The number of carbonyl (C=O) groups is 1. The summed E-state index contributed by atoms with van der Waals surface area (Å²) in [7, 11) is 1.54. The highest BCUT2D eigenvalue weighted by Crippen LogP contribution is 2.32. The number of halogens is 2. The number of imidazole rings is 1. The average Bonchev–Trinajstić information content (AvgIpc) is 3.10. The van der Waals surface area contributed by atoms with Crippen LogP contribution >= 0.6 is 0 Å². The van der Waals surface area contributed by atoms with Crippen LogP contribution < -0.4 is 15.5 Å². The molecule has 1 fully saturated rings. The Hall–Kier alpha value is -3.33. The molecule has 5 rings (SSSR count). The van der Waals surface area contributed by atoms with Gasteiger partial charge in [-0.15, -0.1) is 0 Å². The fourth-order valence-electron chi connectivity index (χ4n) is 4.55. The van der Waals surface area contributed by atoms with Gasteiger partial charge in [-0.2, -0.15) is 0 Å². The molecule has 0 bridgehead atoms. The zero-order valence-electron chi connectivity index (χ0n) is 17.4. The molecule has 3 aromatic heterocycles. The molecule has 1 aliphatic rings. The predicted molar refractivity (Wildman–Crippen MR) is 116 cm³/mol. The van der Waals surface area contributed by atoms with Crippen molar-refractivity contribution in [3.8, 4) is 0 Å². The van der Waals surface area contributed by atoms with Crippen LogP contribution in [0.2, 0.25) is 0 Å². The van der Waals surface area contributed by atoms with Gasteiger partial charge in [0.25, 0.3) is 5.91 Å². The van der Waals surface area contributed by atoms with E-state index in [1.165, 1.54) is 7.05 Å². The Morgan fingerprint density at radius 2 is 1.84 bits per heavy atom. The van der Waals surface area contributed by atoms with E-state index >= 15 is 0 Å². The fraction of sp³-hybridized carbons (Fsp3) is 0.318. The molecule has 1 aromatic carbocycles. The van der Waals surface area contributed by atoms with Crippen LogP contribution in [0.3, 0.4) is 0 Å². The van der Waals surface area contributed by atoms with Crippen LogP contribution in [0.25, 0.3) is 27.7 Å². The second-order valence-corrected chi connectivity index (χ2v) is 8.10. The third-order valence-electron chi connectivity index (χ3n) is 5.75. The Balaban J connectivity index is 1.88. The van der Waals surface area contributed by atoms with Gasteiger partial charge in [0, 0.05) is 61.6 Å². The van der Waals surface area contributed by atoms with Crippen LogP contribution in [0.1, 0.15) is 24.2 Å². The van der Waals surface area contributed by atoms with Gasteiger partial charge < -0.3 is 15.5 Å². The monoisotopic (exact) mass is 424 g/mol. The Labute approximate surface area is 177 Å². The highest BCUT2D eigenvalue weighted by Gasteiger charge is 2.25. The van der Waals surface area contributed by atoms with Crippen LogP contribution in [-0.2, 0) is 0 Å². The van der Waals surface area contributed by atoms with Crippen molar-refractivity contribution in [3.05, 3.63) is 47.7 Å². The number of piperazine rings is 1. The first-order valence-electron chi connectivity index (χ1n) is 10.2. The number of rotatable bonds is 2. The van der Waals surface area contributed by atoms with Crippen molar-refractivity contribution in [2.45, 2.75) is 25.9 Å². The Bertz CT molecular complexity index is 1340. The fourth-order valence-corrected chi connectivity index (χ4v) is 4.55. The Morgan fingerprint density at radius 3 is 2.55 bits per heavy atom. The zero-order chi connectivity index (χ0) is 21.9. The number of fused-ring (bicyclic) bond motifs is 5. The first-order valence-corrected chi connectivity index (χ1v) is 10.2. The minimum atomic E-state index is -0.987. The van der Waals surface area contributed by atoms with Crippen LogP contribution in [0.4, 0.5) is 14.5 Å². The van der Waals surface area contributed by atoms with Gasteiger partial charge >= 0.3 is 0 Å². The molecular weight excluding hydrogens is 402 g/mol. The highest BCUT2D eigenvalue weighted by atomic mass is 19.2. The number of amides is 1. The first kappa shape index (κ1) is 19.6. The molecule has 4 aromatic rings. The summed E-state index contributed by atoms with van der Waals surface area (Å²) in [5, 5.41) is 6.90. The summed E-state index contributed by atoms with van der Waals surface area (Å²) >= 11 is 0. The number of nitrogens with zero attached hydrogens (tertiary/aromatic N) is 4. The van der Waals surface area contributed by atoms with Crippen LogP contribution in [0.15, 0.2) is 30.5 Å². The van der Waals surface area contributed by atoms with Gasteiger partial charge in [-0.3, -0.25) is 9.20 Å². The summed E-state index contributed by atoms with van der Waals surface area (Å²) in [5.41, 5.74) is 2.70. The number of aromatic nitrogens is 3. The van der Waals surface area contributed by atoms with E-state index in [9.17, 15) is 13.6 Å². The molecule has 2 atom stereocenters. The summed E-state index contributed by atoms with van der Waals surface area (Å²) < 4.78 is 29.6. The number of hydrogen-bond acceptors (Lipinski definition) is 5. The molecule has 9 heteroatoms. The zero-order valence-corrected chi connectivity index (χ0v) is 17.4. The lowest BCUT2D eigenvalue weighted by Crippen LogP contribution is -2.54. The van der Waals surface area contributed by atoms with E-state index in [1.54, 1.807) is 16.7 Å². The van der Waals surface area contributed by atoms with Gasteiger partial charge in [-0.25, -0.2) is 18.7 Å². The molecule has 160 valence electrons. The van der Waals surface area contributed by atoms with Gasteiger partial charge in [0.05, 0.1) is 16.6 Å². The van der Waals surface area contributed by atoms with Crippen molar-refractivity contribution in [2.24, 2.45) is 0 Å². The van der Waals surface area contributed by atoms with Crippen LogP contribution in [0.5, 0.6) is 0 Å². The van der Waals surface area contributed by atoms with Crippen molar-refractivity contribution in [2.75, 3.05) is 25.0 Å². The smallest absolute Gasteiger partial charge is 0.254 e. The maximum atomic E-state index is 14.1. The van der Waals surface area contributed by atoms with Gasteiger partial charge in [0.1, 0.15) is 5.65 Å². The quantitative estimate of drug-likeness (QED) is 0.518. The standard InChI is InChI=1S/C22H22F2N6O/c1-11-9-29(10-12(2)27-11)18-4-5-26-20-13(18)6-14(22(31)25-3)21-28-17-7-15(23)16(24)8-19(17)30(20)21/h4-8,11-12,27H,9-10H2,1-3H3,(H,25,31)/t11-,12+. The molecule has 0 radical (unpaired) electrons. The molecule has 2 N–H and O–H groups in total. The Morgan fingerprint density at radius 1 is 1.13 bits per heavy atom. The van der Waals surface area contributed by atoms with Crippen molar-refractivity contribution < 1.29 is 13.6 Å². The van der Waals surface area contributed by atoms with Gasteiger partial charge in [0.2, 0.25) is 0 Å². The average molecular weight is 424 g/mol. The lowest BCUT2D eigenvalue weighted by atomic mass is 10.1. The molecule has 4 heterocycles.